The van der Waals surface area contributed by atoms with Crippen LogP contribution in [0.1, 0.15) is 24.5 Å². The van der Waals surface area contributed by atoms with Crippen LogP contribution in [0, 0.1) is 0 Å². The summed E-state index contributed by atoms with van der Waals surface area (Å²) in [6, 6.07) is 25.6. The number of benzene rings is 3. The van der Waals surface area contributed by atoms with Crippen molar-refractivity contribution in [3.05, 3.63) is 90.0 Å². The summed E-state index contributed by atoms with van der Waals surface area (Å²) in [5, 5.41) is 6.42. The Bertz CT molecular complexity index is 1130. The molecule has 0 spiro atoms. The molecule has 3 aromatic rings. The minimum atomic E-state index is -0.327. The van der Waals surface area contributed by atoms with Crippen LogP contribution in [0.4, 0.5) is 5.69 Å². The molecule has 1 aliphatic heterocycles. The smallest absolute Gasteiger partial charge is 0.240 e. The molecule has 3 aromatic carbocycles. The summed E-state index contributed by atoms with van der Waals surface area (Å²) in [4.78, 5) is 27.1. The van der Waals surface area contributed by atoms with Gasteiger partial charge in [0.2, 0.25) is 11.8 Å². The van der Waals surface area contributed by atoms with E-state index >= 15 is 0 Å². The van der Waals surface area contributed by atoms with Gasteiger partial charge < -0.3 is 21.3 Å². The fourth-order valence-electron chi connectivity index (χ4n) is 4.58. The highest BCUT2D eigenvalue weighted by Gasteiger charge is 2.30. The molecule has 4 N–H and O–H groups in total. The maximum Gasteiger partial charge on any atom is 0.240 e. The van der Waals surface area contributed by atoms with Gasteiger partial charge in [-0.1, -0.05) is 66.7 Å². The number of nitrogens with two attached hydrogens (primary N) is 1. The Kier molecular flexibility index (Phi) is 7.60. The van der Waals surface area contributed by atoms with Crippen molar-refractivity contribution < 1.29 is 9.59 Å². The van der Waals surface area contributed by atoms with Crippen LogP contribution in [-0.4, -0.2) is 41.9 Å². The third kappa shape index (κ3) is 6.23. The Morgan fingerprint density at radius 2 is 1.74 bits per heavy atom. The predicted molar refractivity (Wildman–Crippen MR) is 136 cm³/mol. The van der Waals surface area contributed by atoms with E-state index in [1.54, 1.807) is 0 Å². The molecule has 0 bridgehead atoms. The predicted octanol–water partition coefficient (Wildman–Crippen LogP) is 3.37. The zero-order valence-electron chi connectivity index (χ0n) is 19.5. The molecule has 6 nitrogen and oxygen atoms in total. The van der Waals surface area contributed by atoms with Crippen LogP contribution in [0.2, 0.25) is 0 Å². The minimum Gasteiger partial charge on any atom is -0.399 e. The quantitative estimate of drug-likeness (QED) is 0.454. The van der Waals surface area contributed by atoms with E-state index in [0.29, 0.717) is 25.9 Å². The summed E-state index contributed by atoms with van der Waals surface area (Å²) in [6.45, 7) is 3.54. The molecule has 0 unspecified atom stereocenters. The third-order valence-electron chi connectivity index (χ3n) is 6.16. The largest absolute Gasteiger partial charge is 0.399 e. The van der Waals surface area contributed by atoms with Crippen molar-refractivity contribution in [3.8, 4) is 11.1 Å². The first kappa shape index (κ1) is 23.5. The number of amides is 2. The molecule has 0 aromatic heterocycles. The van der Waals surface area contributed by atoms with E-state index < -0.39 is 0 Å². The van der Waals surface area contributed by atoms with Gasteiger partial charge in [0.15, 0.2) is 0 Å². The Balaban J connectivity index is 1.46. The van der Waals surface area contributed by atoms with Gasteiger partial charge in [-0.3, -0.25) is 9.59 Å². The van der Waals surface area contributed by atoms with Gasteiger partial charge in [-0.15, -0.1) is 0 Å². The number of anilines is 1. The second-order valence-electron chi connectivity index (χ2n) is 8.92. The van der Waals surface area contributed by atoms with Crippen molar-refractivity contribution >= 4 is 17.5 Å². The molecule has 2 atom stereocenters. The van der Waals surface area contributed by atoms with Crippen molar-refractivity contribution in [2.24, 2.45) is 0 Å². The van der Waals surface area contributed by atoms with E-state index in [9.17, 15) is 9.59 Å². The van der Waals surface area contributed by atoms with Crippen LogP contribution in [0.25, 0.3) is 11.1 Å². The number of hydrogen-bond acceptors (Lipinski definition) is 4. The maximum atomic E-state index is 13.2. The molecular formula is C28H32N4O2. The lowest BCUT2D eigenvalue weighted by molar-refractivity contribution is -0.137. The molecule has 176 valence electrons. The lowest BCUT2D eigenvalue weighted by Gasteiger charge is -2.35. The lowest BCUT2D eigenvalue weighted by atomic mass is 9.95. The van der Waals surface area contributed by atoms with Crippen molar-refractivity contribution in [3.63, 3.8) is 0 Å². The second kappa shape index (κ2) is 11.0. The summed E-state index contributed by atoms with van der Waals surface area (Å²) < 4.78 is 0. The van der Waals surface area contributed by atoms with Crippen LogP contribution in [0.3, 0.4) is 0 Å². The standard InChI is InChI=1S/C28H32N4O2/c1-20(33)31-26(16-22-9-5-10-23(15-22)24-11-6-12-25(29)17-24)18-27-28(34)32(14-13-30-27)19-21-7-3-2-4-8-21/h2-12,15,17,26-27,30H,13-14,16,18-19,29H2,1H3,(H,31,33)/t26-,27-/m0/s1. The number of nitrogens with one attached hydrogen (secondary N) is 2. The highest BCUT2D eigenvalue weighted by atomic mass is 16.2. The molecule has 1 aliphatic rings. The van der Waals surface area contributed by atoms with Crippen LogP contribution >= 0.6 is 0 Å². The van der Waals surface area contributed by atoms with Gasteiger partial charge in [0.1, 0.15) is 0 Å². The van der Waals surface area contributed by atoms with Crippen molar-refractivity contribution in [2.75, 3.05) is 18.8 Å². The number of carbonyl (C=O) groups excluding carboxylic acids is 2. The highest BCUT2D eigenvalue weighted by molar-refractivity contribution is 5.83. The molecule has 0 radical (unpaired) electrons. The van der Waals surface area contributed by atoms with Crippen molar-refractivity contribution in [1.29, 1.82) is 0 Å². The van der Waals surface area contributed by atoms with Gasteiger partial charge in [-0.25, -0.2) is 0 Å². The Morgan fingerprint density at radius 1 is 1.03 bits per heavy atom. The Morgan fingerprint density at radius 3 is 2.47 bits per heavy atom. The van der Waals surface area contributed by atoms with E-state index in [0.717, 1.165) is 34.5 Å². The van der Waals surface area contributed by atoms with E-state index in [1.165, 1.54) is 6.92 Å². The fraction of sp³-hybridized carbons (Fsp3) is 0.286. The number of piperazine rings is 1. The molecule has 34 heavy (non-hydrogen) atoms. The van der Waals surface area contributed by atoms with Gasteiger partial charge in [0.05, 0.1) is 6.04 Å². The normalized spacial score (nSPS) is 16.8. The molecule has 0 saturated carbocycles. The van der Waals surface area contributed by atoms with Crippen molar-refractivity contribution in [1.82, 2.24) is 15.5 Å². The van der Waals surface area contributed by atoms with E-state index in [-0.39, 0.29) is 23.9 Å². The van der Waals surface area contributed by atoms with Crippen LogP contribution in [-0.2, 0) is 22.6 Å². The first-order chi connectivity index (χ1) is 16.5. The Labute approximate surface area is 201 Å². The summed E-state index contributed by atoms with van der Waals surface area (Å²) in [5.41, 5.74) is 11.0. The summed E-state index contributed by atoms with van der Waals surface area (Å²) in [7, 11) is 0. The second-order valence-corrected chi connectivity index (χ2v) is 8.92. The van der Waals surface area contributed by atoms with Gasteiger partial charge in [0.25, 0.3) is 0 Å². The zero-order chi connectivity index (χ0) is 23.9. The molecule has 1 saturated heterocycles. The summed E-state index contributed by atoms with van der Waals surface area (Å²) in [5.74, 6) is -0.0136. The highest BCUT2D eigenvalue weighted by Crippen LogP contribution is 2.23. The van der Waals surface area contributed by atoms with Crippen LogP contribution < -0.4 is 16.4 Å². The van der Waals surface area contributed by atoms with E-state index in [2.05, 4.69) is 28.8 Å². The first-order valence-corrected chi connectivity index (χ1v) is 11.8. The lowest BCUT2D eigenvalue weighted by Crippen LogP contribution is -2.56. The van der Waals surface area contributed by atoms with Gasteiger partial charge >= 0.3 is 0 Å². The monoisotopic (exact) mass is 456 g/mol. The molecule has 1 heterocycles. The molecule has 4 rings (SSSR count). The van der Waals surface area contributed by atoms with Gasteiger partial charge in [-0.05, 0) is 47.2 Å². The molecule has 1 fully saturated rings. The van der Waals surface area contributed by atoms with E-state index in [4.69, 9.17) is 5.73 Å². The zero-order valence-corrected chi connectivity index (χ0v) is 19.5. The Hall–Kier alpha value is -3.64. The van der Waals surface area contributed by atoms with Crippen molar-refractivity contribution in [2.45, 2.75) is 38.4 Å². The molecule has 6 heteroatoms. The van der Waals surface area contributed by atoms with Crippen LogP contribution in [0.5, 0.6) is 0 Å². The average molecular weight is 457 g/mol. The summed E-state index contributed by atoms with van der Waals surface area (Å²) in [6.07, 6.45) is 1.17. The van der Waals surface area contributed by atoms with E-state index in [1.807, 2.05) is 65.6 Å². The fourth-order valence-corrected chi connectivity index (χ4v) is 4.58. The third-order valence-corrected chi connectivity index (χ3v) is 6.16. The van der Waals surface area contributed by atoms with Gasteiger partial charge in [-0.2, -0.15) is 0 Å². The maximum absolute atomic E-state index is 13.2. The number of hydrogen-bond donors (Lipinski definition) is 3. The van der Waals surface area contributed by atoms with Crippen LogP contribution in [0.15, 0.2) is 78.9 Å². The number of nitrogen functional groups attached to an aromatic ring is 1. The summed E-state index contributed by atoms with van der Waals surface area (Å²) >= 11 is 0. The minimum absolute atomic E-state index is 0.0824. The number of rotatable bonds is 8. The molecular weight excluding hydrogens is 424 g/mol. The first-order valence-electron chi connectivity index (χ1n) is 11.8. The molecule has 0 aliphatic carbocycles. The average Bonchev–Trinajstić information content (AvgIpc) is 2.82. The molecule has 2 amide bonds. The topological polar surface area (TPSA) is 87.5 Å². The van der Waals surface area contributed by atoms with Gasteiger partial charge in [0, 0.05) is 38.3 Å². The number of carbonyl (C=O) groups is 2. The SMILES string of the molecule is CC(=O)N[C@@H](Cc1cccc(-c2cccc(N)c2)c1)C[C@@H]1NCCN(Cc2ccccc2)C1=O. The number of nitrogens with zero attached hydrogens (tertiary/aromatic N) is 1.